The quantitative estimate of drug-likeness (QED) is 0.855. The molecule has 0 saturated carbocycles. The monoisotopic (exact) mass is 351 g/mol. The number of hydrogen-bond acceptors (Lipinski definition) is 4. The third kappa shape index (κ3) is 3.42. The molecule has 0 aromatic heterocycles. The number of rotatable bonds is 5. The number of methoxy groups -OCH3 is 1. The summed E-state index contributed by atoms with van der Waals surface area (Å²) >= 11 is 11.9. The number of benzene rings is 1. The van der Waals surface area contributed by atoms with Crippen molar-refractivity contribution in [3.8, 4) is 11.5 Å². The molecule has 2 N–H and O–H groups in total. The van der Waals surface area contributed by atoms with Crippen molar-refractivity contribution >= 4 is 29.1 Å². The maximum atomic E-state index is 12.6. The van der Waals surface area contributed by atoms with Crippen molar-refractivity contribution < 1.29 is 21.5 Å². The van der Waals surface area contributed by atoms with Crippen molar-refractivity contribution in [2.75, 3.05) is 26.7 Å². The molecule has 122 valence electrons. The first-order valence-corrected chi connectivity index (χ1v) is 7.47. The molecule has 1 aliphatic heterocycles. The average molecular weight is 352 g/mol. The normalized spacial score (nSPS) is 23.0. The molecule has 1 atom stereocenters. The van der Waals surface area contributed by atoms with Crippen LogP contribution in [-0.4, -0.2) is 48.7 Å². The minimum absolute atomic E-state index is 0.0127. The van der Waals surface area contributed by atoms with E-state index < -0.39 is 31.0 Å². The molecule has 0 spiro atoms. The fourth-order valence-corrected chi connectivity index (χ4v) is 3.04. The number of nitrogens with zero attached hydrogens (tertiary/aromatic N) is 1. The Morgan fingerprint density at radius 3 is 3.09 bits per heavy atom. The van der Waals surface area contributed by atoms with Gasteiger partial charge in [0.1, 0.15) is 5.56 Å². The highest BCUT2D eigenvalue weighted by Gasteiger charge is 2.26. The van der Waals surface area contributed by atoms with Crippen LogP contribution in [0.2, 0.25) is 10.0 Å². The van der Waals surface area contributed by atoms with Crippen molar-refractivity contribution in [2.24, 2.45) is 0 Å². The molecule has 2 rings (SSSR count). The van der Waals surface area contributed by atoms with Crippen LogP contribution in [0.25, 0.3) is 0 Å². The van der Waals surface area contributed by atoms with Crippen molar-refractivity contribution in [3.63, 3.8) is 0 Å². The molecule has 1 saturated heterocycles. The van der Waals surface area contributed by atoms with Gasteiger partial charge < -0.3 is 15.2 Å². The fourth-order valence-electron chi connectivity index (χ4n) is 2.50. The Hall–Kier alpha value is -1.17. The zero-order valence-electron chi connectivity index (χ0n) is 16.9. The molecule has 1 heterocycles. The topological polar surface area (TPSA) is 61.8 Å². The lowest BCUT2D eigenvalue weighted by molar-refractivity contribution is 0.0935. The van der Waals surface area contributed by atoms with Crippen LogP contribution in [0, 0.1) is 0 Å². The van der Waals surface area contributed by atoms with Crippen LogP contribution in [-0.2, 0) is 0 Å². The number of likely N-dealkylation sites (N-methyl/N-ethyl adjacent to an activating group) is 1. The minimum atomic E-state index is -2.82. The van der Waals surface area contributed by atoms with Crippen LogP contribution in [0.4, 0.5) is 0 Å². The van der Waals surface area contributed by atoms with Gasteiger partial charge in [-0.3, -0.25) is 9.69 Å². The third-order valence-corrected chi connectivity index (χ3v) is 4.18. The predicted molar refractivity (Wildman–Crippen MR) is 87.3 cm³/mol. The molecule has 1 aliphatic rings. The van der Waals surface area contributed by atoms with Crippen LogP contribution in [0.5, 0.6) is 11.5 Å². The summed E-state index contributed by atoms with van der Waals surface area (Å²) in [6, 6.07) is 0.740. The van der Waals surface area contributed by atoms with E-state index in [-0.39, 0.29) is 34.4 Å². The number of aromatic hydroxyl groups is 1. The molecular weight excluding hydrogens is 327 g/mol. The molecule has 1 fully saturated rings. The Kier molecular flexibility index (Phi) is 3.83. The van der Waals surface area contributed by atoms with E-state index in [4.69, 9.17) is 34.8 Å². The van der Waals surface area contributed by atoms with Gasteiger partial charge in [0.2, 0.25) is 0 Å². The van der Waals surface area contributed by atoms with E-state index in [1.165, 1.54) is 18.1 Å². The maximum absolute atomic E-state index is 12.6. The number of carbonyl (C=O) groups is 1. The molecule has 0 unspecified atom stereocenters. The number of amides is 1. The highest BCUT2D eigenvalue weighted by molar-refractivity contribution is 6.37. The molecule has 0 bridgehead atoms. The lowest BCUT2D eigenvalue weighted by atomic mass is 10.1. The largest absolute Gasteiger partial charge is 0.505 e. The van der Waals surface area contributed by atoms with Crippen molar-refractivity contribution in [3.05, 3.63) is 21.7 Å². The van der Waals surface area contributed by atoms with Crippen molar-refractivity contribution in [2.45, 2.75) is 25.7 Å². The highest BCUT2D eigenvalue weighted by atomic mass is 35.5. The first kappa shape index (κ1) is 11.4. The molecule has 0 radical (unpaired) electrons. The number of phenolic OH excluding ortho intramolecular Hbond substituents is 1. The Labute approximate surface area is 147 Å². The van der Waals surface area contributed by atoms with E-state index >= 15 is 0 Å². The van der Waals surface area contributed by atoms with E-state index in [1.807, 2.05) is 0 Å². The van der Waals surface area contributed by atoms with Gasteiger partial charge in [-0.25, -0.2) is 0 Å². The first-order chi connectivity index (χ1) is 12.4. The molecule has 1 aromatic carbocycles. The second-order valence-corrected chi connectivity index (χ2v) is 5.72. The minimum Gasteiger partial charge on any atom is -0.505 e. The van der Waals surface area contributed by atoms with Gasteiger partial charge >= 0.3 is 0 Å². The number of ether oxygens (including phenoxy) is 1. The Morgan fingerprint density at radius 1 is 1.64 bits per heavy atom. The van der Waals surface area contributed by atoms with E-state index in [9.17, 15) is 9.90 Å². The summed E-state index contributed by atoms with van der Waals surface area (Å²) < 4.78 is 43.2. The van der Waals surface area contributed by atoms with Crippen LogP contribution < -0.4 is 10.1 Å². The van der Waals surface area contributed by atoms with Gasteiger partial charge in [-0.1, -0.05) is 30.1 Å². The molecule has 1 aromatic rings. The smallest absolute Gasteiger partial charge is 0.259 e. The van der Waals surface area contributed by atoms with Crippen LogP contribution in [0.1, 0.15) is 36.9 Å². The molecule has 7 heteroatoms. The maximum Gasteiger partial charge on any atom is 0.259 e. The van der Waals surface area contributed by atoms with Gasteiger partial charge in [-0.05, 0) is 31.9 Å². The number of carbonyl (C=O) groups excluding carboxylic acids is 1. The van der Waals surface area contributed by atoms with Gasteiger partial charge in [0.15, 0.2) is 11.5 Å². The molecular formula is C15H20Cl2N2O3. The summed E-state index contributed by atoms with van der Waals surface area (Å²) in [6.45, 7) is -5.08. The summed E-state index contributed by atoms with van der Waals surface area (Å²) in [5, 5.41) is 12.6. The van der Waals surface area contributed by atoms with E-state index in [2.05, 4.69) is 5.32 Å². The van der Waals surface area contributed by atoms with Gasteiger partial charge in [0, 0.05) is 19.4 Å². The highest BCUT2D eigenvalue weighted by Crippen LogP contribution is 2.40. The van der Waals surface area contributed by atoms with E-state index in [1.54, 1.807) is 0 Å². The number of hydrogen-bond donors (Lipinski definition) is 2. The predicted octanol–water partition coefficient (Wildman–Crippen LogP) is 2.92. The van der Waals surface area contributed by atoms with Gasteiger partial charge in [-0.15, -0.1) is 0 Å². The second-order valence-electron chi connectivity index (χ2n) is 4.91. The summed E-state index contributed by atoms with van der Waals surface area (Å²) in [4.78, 5) is 13.8. The van der Waals surface area contributed by atoms with E-state index in [0.29, 0.717) is 12.8 Å². The van der Waals surface area contributed by atoms with Gasteiger partial charge in [0.25, 0.3) is 5.91 Å². The molecule has 5 nitrogen and oxygen atoms in total. The number of halogens is 2. The molecule has 0 aliphatic carbocycles. The van der Waals surface area contributed by atoms with Gasteiger partial charge in [0.05, 0.1) is 17.2 Å². The van der Waals surface area contributed by atoms with Crippen molar-refractivity contribution in [1.29, 1.82) is 0 Å². The zero-order valence-corrected chi connectivity index (χ0v) is 13.5. The summed E-state index contributed by atoms with van der Waals surface area (Å²) in [7, 11) is 1.29. The van der Waals surface area contributed by atoms with Crippen LogP contribution >= 0.6 is 23.2 Å². The average Bonchev–Trinajstić information content (AvgIpc) is 3.03. The fraction of sp³-hybridized carbons (Fsp3) is 0.533. The van der Waals surface area contributed by atoms with Crippen LogP contribution in [0.15, 0.2) is 6.07 Å². The number of likely N-dealkylation sites (tertiary alicyclic amines) is 1. The number of nitrogens with one attached hydrogen (secondary N) is 1. The SMILES string of the molecule is [2H]C([2H])([2H])C([2H])([2H])N1CCC[C@@H]1CNC(=O)c1c(O)c(Cl)cc(Cl)c1OC. The second kappa shape index (κ2) is 7.40. The molecule has 22 heavy (non-hydrogen) atoms. The summed E-state index contributed by atoms with van der Waals surface area (Å²) in [5.74, 6) is -1.25. The Morgan fingerprint density at radius 2 is 2.41 bits per heavy atom. The van der Waals surface area contributed by atoms with E-state index in [0.717, 1.165) is 0 Å². The Bertz CT molecular complexity index is 730. The molecule has 1 amide bonds. The summed E-state index contributed by atoms with van der Waals surface area (Å²) in [6.07, 6.45) is 1.13. The lowest BCUT2D eigenvalue weighted by Crippen LogP contribution is -2.40. The standard InChI is InChI=1S/C15H20Cl2N2O3/c1-3-19-6-4-5-9(19)8-18-15(21)12-13(20)10(16)7-11(17)14(12)22-2/h7,9,20H,3-6,8H2,1-2H3,(H,18,21)/t9-/m1/s1/i1D3,3D2. The summed E-state index contributed by atoms with van der Waals surface area (Å²) in [5.41, 5.74) is -0.238. The van der Waals surface area contributed by atoms with Gasteiger partial charge in [-0.2, -0.15) is 0 Å². The lowest BCUT2D eigenvalue weighted by Gasteiger charge is -2.23. The first-order valence-electron chi connectivity index (χ1n) is 9.21. The van der Waals surface area contributed by atoms with Crippen LogP contribution in [0.3, 0.4) is 0 Å². The number of phenols is 1. The zero-order chi connectivity index (χ0) is 20.6. The third-order valence-electron chi connectivity index (χ3n) is 3.61. The Balaban J connectivity index is 2.19. The van der Waals surface area contributed by atoms with Crippen molar-refractivity contribution in [1.82, 2.24) is 10.2 Å².